The van der Waals surface area contributed by atoms with Crippen molar-refractivity contribution < 1.29 is 14.3 Å². The molecule has 0 aromatic heterocycles. The van der Waals surface area contributed by atoms with E-state index >= 15 is 0 Å². The maximum Gasteiger partial charge on any atom is 0.253 e. The number of amides is 2. The lowest BCUT2D eigenvalue weighted by molar-refractivity contribution is -0.119. The zero-order chi connectivity index (χ0) is 24.8. The minimum absolute atomic E-state index is 0.0295. The maximum absolute atomic E-state index is 13.2. The molecule has 0 bridgehead atoms. The lowest BCUT2D eigenvalue weighted by atomic mass is 9.95. The Morgan fingerprint density at radius 2 is 1.77 bits per heavy atom. The van der Waals surface area contributed by atoms with Crippen LogP contribution in [0.2, 0.25) is 0 Å². The molecule has 1 atom stereocenters. The van der Waals surface area contributed by atoms with Crippen molar-refractivity contribution in [1.29, 1.82) is 0 Å². The summed E-state index contributed by atoms with van der Waals surface area (Å²) < 4.78 is 6.15. The van der Waals surface area contributed by atoms with Crippen molar-refractivity contribution >= 4 is 17.5 Å². The Bertz CT molecular complexity index is 996. The van der Waals surface area contributed by atoms with Crippen LogP contribution in [0.3, 0.4) is 0 Å². The molecule has 1 fully saturated rings. The van der Waals surface area contributed by atoms with Crippen molar-refractivity contribution in [2.45, 2.75) is 84.0 Å². The molecular weight excluding hydrogens is 438 g/mol. The van der Waals surface area contributed by atoms with Gasteiger partial charge in [-0.2, -0.15) is 0 Å². The molecule has 1 saturated heterocycles. The molecule has 35 heavy (non-hydrogen) atoms. The van der Waals surface area contributed by atoms with Crippen molar-refractivity contribution in [3.63, 3.8) is 0 Å². The second-order valence-electron chi connectivity index (χ2n) is 10.0. The SMILES string of the molecule is CCCCC(NC(C)C)Oc1ccc(C(=O)N2CCC(N3C(=O)CCc4ccccc43)CC2)cc1. The van der Waals surface area contributed by atoms with E-state index in [2.05, 4.69) is 38.2 Å². The number of rotatable bonds is 9. The van der Waals surface area contributed by atoms with Crippen LogP contribution >= 0.6 is 0 Å². The standard InChI is InChI=1S/C29H39N3O3/c1-4-5-10-27(30-21(2)3)35-25-14-11-23(12-15-25)29(34)31-19-17-24(18-20-31)32-26-9-7-6-8-22(26)13-16-28(32)33/h6-9,11-12,14-15,21,24,27,30H,4-5,10,13,16-20H2,1-3H3. The Balaban J connectivity index is 1.34. The van der Waals surface area contributed by atoms with E-state index in [-0.39, 0.29) is 24.1 Å². The number of likely N-dealkylation sites (tertiary alicyclic amines) is 1. The summed E-state index contributed by atoms with van der Waals surface area (Å²) in [5.74, 6) is 1.02. The van der Waals surface area contributed by atoms with Crippen molar-refractivity contribution in [3.8, 4) is 5.75 Å². The molecular formula is C29H39N3O3. The van der Waals surface area contributed by atoms with Gasteiger partial charge in [0.2, 0.25) is 5.91 Å². The number of piperidine rings is 1. The predicted molar refractivity (Wildman–Crippen MR) is 140 cm³/mol. The van der Waals surface area contributed by atoms with Crippen LogP contribution in [0.1, 0.15) is 75.2 Å². The maximum atomic E-state index is 13.2. The zero-order valence-electron chi connectivity index (χ0n) is 21.3. The highest BCUT2D eigenvalue weighted by Crippen LogP contribution is 2.32. The van der Waals surface area contributed by atoms with Gasteiger partial charge >= 0.3 is 0 Å². The van der Waals surface area contributed by atoms with Gasteiger partial charge < -0.3 is 14.5 Å². The van der Waals surface area contributed by atoms with Gasteiger partial charge in [-0.15, -0.1) is 0 Å². The smallest absolute Gasteiger partial charge is 0.253 e. The topological polar surface area (TPSA) is 61.9 Å². The number of unbranched alkanes of at least 4 members (excludes halogenated alkanes) is 1. The van der Waals surface area contributed by atoms with Gasteiger partial charge in [-0.05, 0) is 81.8 Å². The van der Waals surface area contributed by atoms with Crippen molar-refractivity contribution in [3.05, 3.63) is 59.7 Å². The van der Waals surface area contributed by atoms with Gasteiger partial charge in [0.05, 0.1) is 0 Å². The van der Waals surface area contributed by atoms with E-state index in [0.717, 1.165) is 50.0 Å². The van der Waals surface area contributed by atoms with E-state index in [1.165, 1.54) is 5.56 Å². The lowest BCUT2D eigenvalue weighted by Crippen LogP contribution is -2.50. The van der Waals surface area contributed by atoms with Crippen LogP contribution in [0, 0.1) is 0 Å². The number of hydrogen-bond donors (Lipinski definition) is 1. The molecule has 2 aromatic carbocycles. The van der Waals surface area contributed by atoms with E-state index < -0.39 is 0 Å². The number of anilines is 1. The van der Waals surface area contributed by atoms with E-state index in [9.17, 15) is 9.59 Å². The van der Waals surface area contributed by atoms with Crippen molar-refractivity contribution in [2.75, 3.05) is 18.0 Å². The Morgan fingerprint density at radius 3 is 2.46 bits per heavy atom. The molecule has 2 amide bonds. The summed E-state index contributed by atoms with van der Waals surface area (Å²) in [7, 11) is 0. The monoisotopic (exact) mass is 477 g/mol. The van der Waals surface area contributed by atoms with Gasteiger partial charge in [-0.3, -0.25) is 14.9 Å². The number of aryl methyl sites for hydroxylation is 1. The van der Waals surface area contributed by atoms with E-state index in [0.29, 0.717) is 31.1 Å². The molecule has 6 nitrogen and oxygen atoms in total. The average molecular weight is 478 g/mol. The fourth-order valence-electron chi connectivity index (χ4n) is 5.14. The first-order chi connectivity index (χ1) is 17.0. The van der Waals surface area contributed by atoms with Crippen LogP contribution in [0.5, 0.6) is 5.75 Å². The molecule has 0 radical (unpaired) electrons. The fraction of sp³-hybridized carbons (Fsp3) is 0.517. The zero-order valence-corrected chi connectivity index (χ0v) is 21.3. The first kappa shape index (κ1) is 25.2. The van der Waals surface area contributed by atoms with Crippen molar-refractivity contribution in [2.24, 2.45) is 0 Å². The molecule has 4 rings (SSSR count). The number of nitrogens with one attached hydrogen (secondary N) is 1. The first-order valence-electron chi connectivity index (χ1n) is 13.2. The number of benzene rings is 2. The molecule has 2 aliphatic heterocycles. The highest BCUT2D eigenvalue weighted by molar-refractivity contribution is 5.97. The number of carbonyl (C=O) groups is 2. The molecule has 1 N–H and O–H groups in total. The van der Waals surface area contributed by atoms with Gasteiger partial charge in [-0.1, -0.05) is 31.5 Å². The third kappa shape index (κ3) is 6.23. The molecule has 2 heterocycles. The number of para-hydroxylation sites is 1. The average Bonchev–Trinajstić information content (AvgIpc) is 2.87. The molecule has 0 aliphatic carbocycles. The van der Waals surface area contributed by atoms with Crippen LogP contribution in [0.4, 0.5) is 5.69 Å². The van der Waals surface area contributed by atoms with Crippen LogP contribution in [-0.2, 0) is 11.2 Å². The second-order valence-corrected chi connectivity index (χ2v) is 10.0. The van der Waals surface area contributed by atoms with Crippen molar-refractivity contribution in [1.82, 2.24) is 10.2 Å². The van der Waals surface area contributed by atoms with Gasteiger partial charge in [-0.25, -0.2) is 0 Å². The third-order valence-electron chi connectivity index (χ3n) is 6.96. The van der Waals surface area contributed by atoms with E-state index in [1.807, 2.05) is 46.2 Å². The van der Waals surface area contributed by atoms with Gasteiger partial charge in [0.1, 0.15) is 12.0 Å². The highest BCUT2D eigenvalue weighted by atomic mass is 16.5. The molecule has 0 saturated carbocycles. The Hall–Kier alpha value is -2.86. The first-order valence-corrected chi connectivity index (χ1v) is 13.2. The van der Waals surface area contributed by atoms with Crippen LogP contribution in [0.25, 0.3) is 0 Å². The summed E-state index contributed by atoms with van der Waals surface area (Å²) in [5, 5.41) is 3.47. The Kier molecular flexibility index (Phi) is 8.45. The summed E-state index contributed by atoms with van der Waals surface area (Å²) >= 11 is 0. The minimum atomic E-state index is -0.0295. The molecule has 6 heteroatoms. The number of hydrogen-bond acceptors (Lipinski definition) is 4. The van der Waals surface area contributed by atoms with Gasteiger partial charge in [0, 0.05) is 42.8 Å². The molecule has 0 spiro atoms. The summed E-state index contributed by atoms with van der Waals surface area (Å²) in [6.45, 7) is 7.73. The second kappa shape index (κ2) is 11.7. The molecule has 2 aromatic rings. The van der Waals surface area contributed by atoms with Crippen LogP contribution < -0.4 is 15.0 Å². The number of nitrogens with zero attached hydrogens (tertiary/aromatic N) is 2. The fourth-order valence-corrected chi connectivity index (χ4v) is 5.14. The summed E-state index contributed by atoms with van der Waals surface area (Å²) in [5.41, 5.74) is 2.97. The minimum Gasteiger partial charge on any atom is -0.475 e. The summed E-state index contributed by atoms with van der Waals surface area (Å²) in [4.78, 5) is 29.8. The van der Waals surface area contributed by atoms with Gasteiger partial charge in [0.25, 0.3) is 5.91 Å². The lowest BCUT2D eigenvalue weighted by Gasteiger charge is -2.41. The largest absolute Gasteiger partial charge is 0.475 e. The number of fused-ring (bicyclic) bond motifs is 1. The third-order valence-corrected chi connectivity index (χ3v) is 6.96. The number of ether oxygens (including phenoxy) is 1. The van der Waals surface area contributed by atoms with E-state index in [4.69, 9.17) is 4.74 Å². The predicted octanol–water partition coefficient (Wildman–Crippen LogP) is 5.16. The Morgan fingerprint density at radius 1 is 1.06 bits per heavy atom. The number of carbonyl (C=O) groups excluding carboxylic acids is 2. The molecule has 1 unspecified atom stereocenters. The van der Waals surface area contributed by atoms with Gasteiger partial charge in [0.15, 0.2) is 0 Å². The molecule has 188 valence electrons. The normalized spacial score (nSPS) is 17.4. The van der Waals surface area contributed by atoms with Crippen LogP contribution in [0.15, 0.2) is 48.5 Å². The highest BCUT2D eigenvalue weighted by Gasteiger charge is 2.33. The molecule has 2 aliphatic rings. The summed E-state index contributed by atoms with van der Waals surface area (Å²) in [6, 6.07) is 16.2. The quantitative estimate of drug-likeness (QED) is 0.507. The van der Waals surface area contributed by atoms with Crippen LogP contribution in [-0.4, -0.2) is 48.1 Å². The summed E-state index contributed by atoms with van der Waals surface area (Å²) in [6.07, 6.45) is 6.13. The van der Waals surface area contributed by atoms with E-state index in [1.54, 1.807) is 0 Å². The Labute approximate surface area is 209 Å².